The molecule has 1 amide bonds. The SMILES string of the molecule is CCC(CC)CN(CC)C(=O)CNS(=O)(=O)c1cccc(C(F)(F)F)c1. The summed E-state index contributed by atoms with van der Waals surface area (Å²) in [6, 6.07) is 3.42. The molecule has 0 bridgehead atoms. The molecule has 1 rings (SSSR count). The number of nitrogens with one attached hydrogen (secondary N) is 1. The standard InChI is InChI=1S/C17H25F3N2O3S/c1-4-13(5-2)12-22(6-3)16(23)11-21-26(24,25)15-9-7-8-14(10-15)17(18,19)20/h7-10,13,21H,4-6,11-12H2,1-3H3. The van der Waals surface area contributed by atoms with Crippen molar-refractivity contribution in [1.82, 2.24) is 9.62 Å². The Balaban J connectivity index is 2.83. The highest BCUT2D eigenvalue weighted by Crippen LogP contribution is 2.30. The van der Waals surface area contributed by atoms with E-state index in [0.717, 1.165) is 31.0 Å². The lowest BCUT2D eigenvalue weighted by Gasteiger charge is -2.25. The minimum Gasteiger partial charge on any atom is -0.342 e. The number of likely N-dealkylation sites (N-methyl/N-ethyl adjacent to an activating group) is 1. The first kappa shape index (κ1) is 22.4. The Hall–Kier alpha value is -1.61. The maximum atomic E-state index is 12.7. The molecule has 0 spiro atoms. The number of hydrogen-bond acceptors (Lipinski definition) is 3. The molecule has 148 valence electrons. The molecule has 0 aliphatic carbocycles. The summed E-state index contributed by atoms with van der Waals surface area (Å²) in [5.74, 6) is -0.0890. The molecule has 9 heteroatoms. The van der Waals surface area contributed by atoms with Crippen molar-refractivity contribution in [2.75, 3.05) is 19.6 Å². The van der Waals surface area contributed by atoms with Crippen molar-refractivity contribution in [2.45, 2.75) is 44.7 Å². The maximum Gasteiger partial charge on any atom is 0.416 e. The monoisotopic (exact) mass is 394 g/mol. The largest absolute Gasteiger partial charge is 0.416 e. The van der Waals surface area contributed by atoms with Gasteiger partial charge < -0.3 is 4.90 Å². The van der Waals surface area contributed by atoms with Crippen molar-refractivity contribution in [3.63, 3.8) is 0 Å². The first-order valence-corrected chi connectivity index (χ1v) is 9.98. The van der Waals surface area contributed by atoms with Gasteiger partial charge in [0.15, 0.2) is 0 Å². The van der Waals surface area contributed by atoms with Gasteiger partial charge in [0.05, 0.1) is 17.0 Å². The third-order valence-corrected chi connectivity index (χ3v) is 5.65. The normalized spacial score (nSPS) is 12.4. The summed E-state index contributed by atoms with van der Waals surface area (Å²) in [7, 11) is -4.22. The summed E-state index contributed by atoms with van der Waals surface area (Å²) >= 11 is 0. The van der Waals surface area contributed by atoms with Gasteiger partial charge in [0.1, 0.15) is 0 Å². The number of nitrogens with zero attached hydrogens (tertiary/aromatic N) is 1. The summed E-state index contributed by atoms with van der Waals surface area (Å²) < 4.78 is 64.7. The van der Waals surface area contributed by atoms with Crippen LogP contribution in [0.2, 0.25) is 0 Å². The minimum absolute atomic E-state index is 0.318. The molecular weight excluding hydrogens is 369 g/mol. The lowest BCUT2D eigenvalue weighted by molar-refractivity contribution is -0.137. The highest BCUT2D eigenvalue weighted by Gasteiger charge is 2.31. The first-order chi connectivity index (χ1) is 12.0. The van der Waals surface area contributed by atoms with E-state index in [-0.39, 0.29) is 0 Å². The topological polar surface area (TPSA) is 66.5 Å². The molecule has 0 fully saturated rings. The molecule has 0 atom stereocenters. The van der Waals surface area contributed by atoms with Gasteiger partial charge in [-0.2, -0.15) is 13.2 Å². The minimum atomic E-state index is -4.64. The van der Waals surface area contributed by atoms with Gasteiger partial charge in [-0.15, -0.1) is 0 Å². The van der Waals surface area contributed by atoms with Crippen LogP contribution < -0.4 is 4.72 Å². The van der Waals surface area contributed by atoms with Gasteiger partial charge in [0, 0.05) is 13.1 Å². The molecular formula is C17H25F3N2O3S. The van der Waals surface area contributed by atoms with Crippen LogP contribution in [0.1, 0.15) is 39.2 Å². The molecule has 1 aromatic rings. The third kappa shape index (κ3) is 6.28. The fraction of sp³-hybridized carbons (Fsp3) is 0.588. The fourth-order valence-corrected chi connectivity index (χ4v) is 3.48. The second-order valence-corrected chi connectivity index (χ2v) is 7.73. The predicted octanol–water partition coefficient (Wildman–Crippen LogP) is 3.27. The molecule has 1 aromatic carbocycles. The van der Waals surface area contributed by atoms with Gasteiger partial charge in [-0.25, -0.2) is 13.1 Å². The summed E-state index contributed by atoms with van der Waals surface area (Å²) in [5.41, 5.74) is -1.06. The van der Waals surface area contributed by atoms with Crippen LogP contribution in [0.5, 0.6) is 0 Å². The lowest BCUT2D eigenvalue weighted by Crippen LogP contribution is -2.42. The number of rotatable bonds is 9. The molecule has 1 N–H and O–H groups in total. The zero-order valence-corrected chi connectivity index (χ0v) is 16.0. The van der Waals surface area contributed by atoms with E-state index < -0.39 is 39.1 Å². The van der Waals surface area contributed by atoms with Crippen molar-refractivity contribution in [2.24, 2.45) is 5.92 Å². The summed E-state index contributed by atoms with van der Waals surface area (Å²) in [6.07, 6.45) is -2.85. The van der Waals surface area contributed by atoms with Gasteiger partial charge in [0.2, 0.25) is 15.9 Å². The Morgan fingerprint density at radius 1 is 1.19 bits per heavy atom. The van der Waals surface area contributed by atoms with Crippen LogP contribution in [0, 0.1) is 5.92 Å². The van der Waals surface area contributed by atoms with E-state index >= 15 is 0 Å². The van der Waals surface area contributed by atoms with Gasteiger partial charge in [0.25, 0.3) is 0 Å². The number of carbonyl (C=O) groups is 1. The average Bonchev–Trinajstić information content (AvgIpc) is 2.60. The summed E-state index contributed by atoms with van der Waals surface area (Å²) in [4.78, 5) is 13.3. The number of halogens is 3. The Bertz CT molecular complexity index is 701. The average molecular weight is 394 g/mol. The zero-order chi connectivity index (χ0) is 20.0. The van der Waals surface area contributed by atoms with Gasteiger partial charge in [-0.3, -0.25) is 4.79 Å². The predicted molar refractivity (Wildman–Crippen MR) is 93.0 cm³/mol. The zero-order valence-electron chi connectivity index (χ0n) is 15.1. The van der Waals surface area contributed by atoms with E-state index in [2.05, 4.69) is 4.72 Å². The number of carbonyl (C=O) groups excluding carboxylic acids is 1. The molecule has 26 heavy (non-hydrogen) atoms. The number of alkyl halides is 3. The molecule has 0 aromatic heterocycles. The molecule has 0 saturated heterocycles. The van der Waals surface area contributed by atoms with Crippen molar-refractivity contribution >= 4 is 15.9 Å². The Morgan fingerprint density at radius 2 is 1.81 bits per heavy atom. The second kappa shape index (κ2) is 9.36. The highest BCUT2D eigenvalue weighted by atomic mass is 32.2. The van der Waals surface area contributed by atoms with Crippen LogP contribution in [0.25, 0.3) is 0 Å². The van der Waals surface area contributed by atoms with Crippen LogP contribution in [0.3, 0.4) is 0 Å². The van der Waals surface area contributed by atoms with Crippen molar-refractivity contribution in [3.8, 4) is 0 Å². The van der Waals surface area contributed by atoms with Crippen molar-refractivity contribution in [3.05, 3.63) is 29.8 Å². The molecule has 0 aliphatic rings. The second-order valence-electron chi connectivity index (χ2n) is 5.97. The molecule has 5 nitrogen and oxygen atoms in total. The van der Waals surface area contributed by atoms with E-state index in [9.17, 15) is 26.4 Å². The fourth-order valence-electron chi connectivity index (χ4n) is 2.46. The first-order valence-electron chi connectivity index (χ1n) is 8.49. The van der Waals surface area contributed by atoms with Crippen LogP contribution in [-0.2, 0) is 21.0 Å². The van der Waals surface area contributed by atoms with Crippen LogP contribution in [-0.4, -0.2) is 38.9 Å². The van der Waals surface area contributed by atoms with Gasteiger partial charge in [-0.05, 0) is 31.0 Å². The van der Waals surface area contributed by atoms with Crippen molar-refractivity contribution in [1.29, 1.82) is 0 Å². The third-order valence-electron chi connectivity index (χ3n) is 4.25. The highest BCUT2D eigenvalue weighted by molar-refractivity contribution is 7.89. The Labute approximate surface area is 152 Å². The Morgan fingerprint density at radius 3 is 2.31 bits per heavy atom. The van der Waals surface area contributed by atoms with E-state index in [1.54, 1.807) is 11.8 Å². The lowest BCUT2D eigenvalue weighted by atomic mass is 10.0. The van der Waals surface area contributed by atoms with Crippen LogP contribution >= 0.6 is 0 Å². The molecule has 0 radical (unpaired) electrons. The number of sulfonamides is 1. The van der Waals surface area contributed by atoms with Gasteiger partial charge in [-0.1, -0.05) is 32.8 Å². The van der Waals surface area contributed by atoms with Crippen LogP contribution in [0.4, 0.5) is 13.2 Å². The van der Waals surface area contributed by atoms with Crippen molar-refractivity contribution < 1.29 is 26.4 Å². The maximum absolute atomic E-state index is 12.7. The van der Waals surface area contributed by atoms with E-state index in [4.69, 9.17) is 0 Å². The molecule has 0 saturated carbocycles. The molecule has 0 unspecified atom stereocenters. The Kier molecular flexibility index (Phi) is 8.08. The number of amides is 1. The summed E-state index contributed by atoms with van der Waals surface area (Å²) in [5, 5.41) is 0. The number of hydrogen-bond donors (Lipinski definition) is 1. The van der Waals surface area contributed by atoms with Gasteiger partial charge >= 0.3 is 6.18 Å². The van der Waals surface area contributed by atoms with E-state index in [0.29, 0.717) is 25.1 Å². The van der Waals surface area contributed by atoms with E-state index in [1.165, 1.54) is 0 Å². The van der Waals surface area contributed by atoms with Crippen LogP contribution in [0.15, 0.2) is 29.2 Å². The summed E-state index contributed by atoms with van der Waals surface area (Å²) in [6.45, 7) is 6.29. The number of benzene rings is 1. The smallest absolute Gasteiger partial charge is 0.342 e. The molecule has 0 aliphatic heterocycles. The molecule has 0 heterocycles. The van der Waals surface area contributed by atoms with E-state index in [1.807, 2.05) is 13.8 Å². The quantitative estimate of drug-likeness (QED) is 0.699.